The first kappa shape index (κ1) is 15.1. The molecule has 0 aliphatic heterocycles. The molecule has 0 saturated carbocycles. The van der Waals surface area contributed by atoms with E-state index < -0.39 is 15.3 Å². The summed E-state index contributed by atoms with van der Waals surface area (Å²) in [5.41, 5.74) is 0. The van der Waals surface area contributed by atoms with Crippen molar-refractivity contribution in [3.05, 3.63) is 17.8 Å². The van der Waals surface area contributed by atoms with Crippen LogP contribution in [0.25, 0.3) is 0 Å². The summed E-state index contributed by atoms with van der Waals surface area (Å²) in [7, 11) is -3.34. The fourth-order valence-electron chi connectivity index (χ4n) is 1.36. The van der Waals surface area contributed by atoms with E-state index in [1.807, 2.05) is 13.8 Å². The van der Waals surface area contributed by atoms with Crippen LogP contribution in [0.5, 0.6) is 0 Å². The lowest BCUT2D eigenvalue weighted by Gasteiger charge is -2.13. The Kier molecular flexibility index (Phi) is 5.77. The highest BCUT2D eigenvalue weighted by atomic mass is 32.2. The Hall–Kier alpha value is -0.920. The van der Waals surface area contributed by atoms with Crippen LogP contribution in [0.3, 0.4) is 0 Å². The third kappa shape index (κ3) is 4.40. The molecule has 0 fully saturated rings. The molecule has 1 aromatic rings. The molecule has 1 rings (SSSR count). The van der Waals surface area contributed by atoms with Gasteiger partial charge in [0.1, 0.15) is 5.76 Å². The Balaban J connectivity index is 2.50. The molecule has 6 nitrogen and oxygen atoms in total. The molecule has 7 heteroatoms. The minimum Gasteiger partial charge on any atom is -0.444 e. The van der Waals surface area contributed by atoms with Crippen molar-refractivity contribution in [2.45, 2.75) is 39.0 Å². The standard InChI is InChI=1S/C11H21N3O3S/c1-4-10-7-13-11(17-10)8-14-18(15,16)9(3)6-12-5-2/h7,9,12,14H,4-6,8H2,1-3H3. The first-order chi connectivity index (χ1) is 8.49. The molecule has 0 amide bonds. The van der Waals surface area contributed by atoms with Gasteiger partial charge < -0.3 is 9.73 Å². The van der Waals surface area contributed by atoms with Crippen molar-refractivity contribution in [1.29, 1.82) is 0 Å². The highest BCUT2D eigenvalue weighted by Crippen LogP contribution is 2.05. The van der Waals surface area contributed by atoms with E-state index in [0.717, 1.165) is 18.7 Å². The van der Waals surface area contributed by atoms with Crippen LogP contribution in [0.15, 0.2) is 10.6 Å². The van der Waals surface area contributed by atoms with Crippen LogP contribution in [0.2, 0.25) is 0 Å². The maximum Gasteiger partial charge on any atom is 0.215 e. The summed E-state index contributed by atoms with van der Waals surface area (Å²) in [5.74, 6) is 1.15. The third-order valence-electron chi connectivity index (χ3n) is 2.59. The summed E-state index contributed by atoms with van der Waals surface area (Å²) < 4.78 is 31.6. The molecule has 2 N–H and O–H groups in total. The molecule has 18 heavy (non-hydrogen) atoms. The van der Waals surface area contributed by atoms with Gasteiger partial charge in [0.15, 0.2) is 0 Å². The Morgan fingerprint density at radius 2 is 2.17 bits per heavy atom. The Labute approximate surface area is 108 Å². The van der Waals surface area contributed by atoms with E-state index in [1.165, 1.54) is 0 Å². The molecule has 104 valence electrons. The zero-order valence-electron chi connectivity index (χ0n) is 11.1. The number of nitrogens with one attached hydrogen (secondary N) is 2. The second-order valence-corrected chi connectivity index (χ2v) is 6.24. The van der Waals surface area contributed by atoms with Crippen molar-refractivity contribution >= 4 is 10.0 Å². The number of aromatic nitrogens is 1. The van der Waals surface area contributed by atoms with Gasteiger partial charge in [-0.05, 0) is 13.5 Å². The zero-order chi connectivity index (χ0) is 13.6. The predicted molar refractivity (Wildman–Crippen MR) is 69.6 cm³/mol. The number of hydrogen-bond acceptors (Lipinski definition) is 5. The van der Waals surface area contributed by atoms with Crippen LogP contribution >= 0.6 is 0 Å². The number of aryl methyl sites for hydroxylation is 1. The van der Waals surface area contributed by atoms with E-state index in [2.05, 4.69) is 15.0 Å². The molecular weight excluding hydrogens is 254 g/mol. The van der Waals surface area contributed by atoms with E-state index in [0.29, 0.717) is 12.4 Å². The number of rotatable bonds is 8. The van der Waals surface area contributed by atoms with E-state index in [9.17, 15) is 8.42 Å². The van der Waals surface area contributed by atoms with Crippen molar-refractivity contribution in [2.24, 2.45) is 0 Å². The second kappa shape index (κ2) is 6.86. The van der Waals surface area contributed by atoms with Crippen LogP contribution in [0.1, 0.15) is 32.4 Å². The lowest BCUT2D eigenvalue weighted by atomic mass is 10.4. The lowest BCUT2D eigenvalue weighted by molar-refractivity contribution is 0.451. The van der Waals surface area contributed by atoms with Crippen molar-refractivity contribution < 1.29 is 12.8 Å². The fraction of sp³-hybridized carbons (Fsp3) is 0.727. The molecule has 1 unspecified atom stereocenters. The second-order valence-electron chi connectivity index (χ2n) is 4.06. The van der Waals surface area contributed by atoms with Gasteiger partial charge in [-0.1, -0.05) is 13.8 Å². The molecule has 0 spiro atoms. The van der Waals surface area contributed by atoms with Crippen molar-refractivity contribution in [2.75, 3.05) is 13.1 Å². The van der Waals surface area contributed by atoms with E-state index in [-0.39, 0.29) is 6.54 Å². The average molecular weight is 275 g/mol. The van der Waals surface area contributed by atoms with Gasteiger partial charge in [-0.3, -0.25) is 0 Å². The summed E-state index contributed by atoms with van der Waals surface area (Å²) in [6.45, 7) is 6.83. The minimum absolute atomic E-state index is 0.0960. The zero-order valence-corrected chi connectivity index (χ0v) is 11.9. The highest BCUT2D eigenvalue weighted by Gasteiger charge is 2.20. The molecule has 1 heterocycles. The van der Waals surface area contributed by atoms with Gasteiger partial charge in [-0.15, -0.1) is 0 Å². The minimum atomic E-state index is -3.34. The first-order valence-corrected chi connectivity index (χ1v) is 7.67. The lowest BCUT2D eigenvalue weighted by Crippen LogP contribution is -2.38. The maximum absolute atomic E-state index is 11.9. The van der Waals surface area contributed by atoms with Gasteiger partial charge in [0, 0.05) is 13.0 Å². The molecule has 1 aromatic heterocycles. The van der Waals surface area contributed by atoms with Crippen molar-refractivity contribution in [3.63, 3.8) is 0 Å². The largest absolute Gasteiger partial charge is 0.444 e. The van der Waals surface area contributed by atoms with Gasteiger partial charge in [-0.25, -0.2) is 18.1 Å². The quantitative estimate of drug-likeness (QED) is 0.728. The van der Waals surface area contributed by atoms with Crippen LogP contribution in [0, 0.1) is 0 Å². The Morgan fingerprint density at radius 3 is 2.72 bits per heavy atom. The van der Waals surface area contributed by atoms with Gasteiger partial charge in [0.2, 0.25) is 15.9 Å². The molecule has 0 bridgehead atoms. The van der Waals surface area contributed by atoms with Gasteiger partial charge in [-0.2, -0.15) is 0 Å². The predicted octanol–water partition coefficient (Wildman–Crippen LogP) is 0.654. The maximum atomic E-state index is 11.9. The van der Waals surface area contributed by atoms with E-state index >= 15 is 0 Å². The monoisotopic (exact) mass is 275 g/mol. The van der Waals surface area contributed by atoms with E-state index in [1.54, 1.807) is 13.1 Å². The molecule has 0 aliphatic carbocycles. The highest BCUT2D eigenvalue weighted by molar-refractivity contribution is 7.90. The number of oxazole rings is 1. The molecule has 0 aliphatic rings. The Morgan fingerprint density at radius 1 is 1.44 bits per heavy atom. The van der Waals surface area contributed by atoms with Crippen LogP contribution in [-0.2, 0) is 23.0 Å². The molecule has 0 radical (unpaired) electrons. The average Bonchev–Trinajstić information content (AvgIpc) is 2.81. The number of nitrogens with zero attached hydrogens (tertiary/aromatic N) is 1. The van der Waals surface area contributed by atoms with Crippen molar-refractivity contribution in [3.8, 4) is 0 Å². The summed E-state index contributed by atoms with van der Waals surface area (Å²) >= 11 is 0. The van der Waals surface area contributed by atoms with E-state index in [4.69, 9.17) is 4.42 Å². The van der Waals surface area contributed by atoms with Crippen LogP contribution in [0.4, 0.5) is 0 Å². The molecular formula is C11H21N3O3S. The summed E-state index contributed by atoms with van der Waals surface area (Å²) in [6, 6.07) is 0. The summed E-state index contributed by atoms with van der Waals surface area (Å²) in [4.78, 5) is 4.00. The third-order valence-corrected chi connectivity index (χ3v) is 4.36. The summed E-state index contributed by atoms with van der Waals surface area (Å²) in [6.07, 6.45) is 2.36. The van der Waals surface area contributed by atoms with Gasteiger partial charge in [0.25, 0.3) is 0 Å². The normalized spacial score (nSPS) is 13.7. The summed E-state index contributed by atoms with van der Waals surface area (Å²) in [5, 5.41) is 2.52. The molecule has 0 saturated heterocycles. The number of hydrogen-bond donors (Lipinski definition) is 2. The fourth-order valence-corrected chi connectivity index (χ4v) is 2.30. The molecule has 1 atom stereocenters. The number of sulfonamides is 1. The van der Waals surface area contributed by atoms with Gasteiger partial charge in [0.05, 0.1) is 18.0 Å². The SMILES string of the molecule is CCNCC(C)S(=O)(=O)NCc1ncc(CC)o1. The first-order valence-electron chi connectivity index (χ1n) is 6.12. The van der Waals surface area contributed by atoms with Crippen LogP contribution in [-0.4, -0.2) is 31.7 Å². The topological polar surface area (TPSA) is 84.2 Å². The smallest absolute Gasteiger partial charge is 0.215 e. The van der Waals surface area contributed by atoms with Crippen LogP contribution < -0.4 is 10.0 Å². The Bertz CT molecular complexity index is 456. The molecule has 0 aromatic carbocycles. The van der Waals surface area contributed by atoms with Crippen molar-refractivity contribution in [1.82, 2.24) is 15.0 Å². The van der Waals surface area contributed by atoms with Gasteiger partial charge >= 0.3 is 0 Å².